The molecule has 1 fully saturated rings. The van der Waals surface area contributed by atoms with Gasteiger partial charge in [-0.05, 0) is 44.4 Å². The highest BCUT2D eigenvalue weighted by Gasteiger charge is 2.26. The summed E-state index contributed by atoms with van der Waals surface area (Å²) in [6.07, 6.45) is 4.31. The summed E-state index contributed by atoms with van der Waals surface area (Å²) in [5.41, 5.74) is 8.03. The van der Waals surface area contributed by atoms with E-state index in [-0.39, 0.29) is 0 Å². The number of ether oxygens (including phenoxy) is 1. The minimum atomic E-state index is 0.338. The number of rotatable bonds is 4. The summed E-state index contributed by atoms with van der Waals surface area (Å²) in [6, 6.07) is 2.20. The number of aromatic nitrogens is 1. The van der Waals surface area contributed by atoms with E-state index < -0.39 is 0 Å². The summed E-state index contributed by atoms with van der Waals surface area (Å²) in [5.74, 6) is 0. The molecule has 17 heavy (non-hydrogen) atoms. The Labute approximate surface area is 107 Å². The lowest BCUT2D eigenvalue weighted by molar-refractivity contribution is 0.127. The first-order chi connectivity index (χ1) is 8.20. The molecule has 2 atom stereocenters. The van der Waals surface area contributed by atoms with E-state index in [1.165, 1.54) is 11.1 Å². The molecule has 1 saturated heterocycles. The zero-order chi connectivity index (χ0) is 12.3. The van der Waals surface area contributed by atoms with Crippen molar-refractivity contribution in [1.29, 1.82) is 0 Å². The molecule has 1 aromatic rings. The highest BCUT2D eigenvalue weighted by Crippen LogP contribution is 2.33. The number of aryl methyl sites for hydroxylation is 1. The van der Waals surface area contributed by atoms with Crippen molar-refractivity contribution < 1.29 is 4.74 Å². The number of hydrogen-bond acceptors (Lipinski definition) is 4. The maximum atomic E-state index is 5.57. The van der Waals surface area contributed by atoms with Crippen LogP contribution in [0.3, 0.4) is 0 Å². The molecule has 0 amide bonds. The SMILES string of the molecule is Cc1cc(CCN)cnc1SC1CCOC1C. The van der Waals surface area contributed by atoms with Crippen LogP contribution in [0, 0.1) is 6.92 Å². The fourth-order valence-electron chi connectivity index (χ4n) is 2.06. The second kappa shape index (κ2) is 5.85. The normalized spacial score (nSPS) is 24.2. The van der Waals surface area contributed by atoms with Crippen LogP contribution in [-0.4, -0.2) is 29.5 Å². The smallest absolute Gasteiger partial charge is 0.0992 e. The van der Waals surface area contributed by atoms with Crippen LogP contribution in [0.1, 0.15) is 24.5 Å². The molecule has 1 aromatic heterocycles. The third-order valence-corrected chi connectivity index (χ3v) is 4.66. The molecule has 94 valence electrons. The number of nitrogens with two attached hydrogens (primary N) is 1. The Morgan fingerprint density at radius 1 is 1.59 bits per heavy atom. The summed E-state index contributed by atoms with van der Waals surface area (Å²) < 4.78 is 5.57. The van der Waals surface area contributed by atoms with Crippen LogP contribution in [0.25, 0.3) is 0 Å². The third-order valence-electron chi connectivity index (χ3n) is 3.09. The van der Waals surface area contributed by atoms with Gasteiger partial charge < -0.3 is 10.5 Å². The predicted molar refractivity (Wildman–Crippen MR) is 71.4 cm³/mol. The van der Waals surface area contributed by atoms with Crippen LogP contribution in [0.2, 0.25) is 0 Å². The standard InChI is InChI=1S/C13H20N2OS/c1-9-7-11(3-5-14)8-15-13(9)17-12-4-6-16-10(12)2/h7-8,10,12H,3-6,14H2,1-2H3. The second-order valence-corrected chi connectivity index (χ2v) is 5.75. The van der Waals surface area contributed by atoms with Crippen molar-refractivity contribution in [2.45, 2.75) is 43.1 Å². The lowest BCUT2D eigenvalue weighted by atomic mass is 10.2. The minimum absolute atomic E-state index is 0.338. The van der Waals surface area contributed by atoms with Crippen LogP contribution in [0.4, 0.5) is 0 Å². The Bertz CT molecular complexity index is 384. The molecule has 2 heterocycles. The first kappa shape index (κ1) is 12.9. The van der Waals surface area contributed by atoms with Gasteiger partial charge in [-0.1, -0.05) is 17.8 Å². The van der Waals surface area contributed by atoms with E-state index in [2.05, 4.69) is 24.9 Å². The average Bonchev–Trinajstić information content (AvgIpc) is 2.69. The fraction of sp³-hybridized carbons (Fsp3) is 0.615. The highest BCUT2D eigenvalue weighted by molar-refractivity contribution is 8.00. The van der Waals surface area contributed by atoms with Gasteiger partial charge in [0.25, 0.3) is 0 Å². The van der Waals surface area contributed by atoms with E-state index in [4.69, 9.17) is 10.5 Å². The largest absolute Gasteiger partial charge is 0.377 e. The van der Waals surface area contributed by atoms with Crippen LogP contribution in [-0.2, 0) is 11.2 Å². The molecule has 0 saturated carbocycles. The van der Waals surface area contributed by atoms with Gasteiger partial charge in [0, 0.05) is 18.1 Å². The van der Waals surface area contributed by atoms with E-state index in [0.717, 1.165) is 24.5 Å². The van der Waals surface area contributed by atoms with Crippen molar-refractivity contribution in [3.63, 3.8) is 0 Å². The molecule has 0 aromatic carbocycles. The van der Waals surface area contributed by atoms with Gasteiger partial charge in [0.15, 0.2) is 0 Å². The number of hydrogen-bond donors (Lipinski definition) is 1. The van der Waals surface area contributed by atoms with Crippen LogP contribution in [0.5, 0.6) is 0 Å². The predicted octanol–water partition coefficient (Wildman–Crippen LogP) is 2.16. The topological polar surface area (TPSA) is 48.1 Å². The first-order valence-corrected chi connectivity index (χ1v) is 7.02. The Hall–Kier alpha value is -0.580. The molecule has 0 spiro atoms. The van der Waals surface area contributed by atoms with Crippen molar-refractivity contribution in [2.75, 3.05) is 13.2 Å². The maximum Gasteiger partial charge on any atom is 0.0992 e. The number of pyridine rings is 1. The summed E-state index contributed by atoms with van der Waals surface area (Å²) in [5, 5.41) is 1.68. The molecule has 2 rings (SSSR count). The first-order valence-electron chi connectivity index (χ1n) is 6.14. The van der Waals surface area contributed by atoms with Gasteiger partial charge in [-0.3, -0.25) is 0 Å². The number of thioether (sulfide) groups is 1. The summed E-state index contributed by atoms with van der Waals surface area (Å²) in [4.78, 5) is 4.55. The van der Waals surface area contributed by atoms with Gasteiger partial charge >= 0.3 is 0 Å². The molecule has 3 nitrogen and oxygen atoms in total. The summed E-state index contributed by atoms with van der Waals surface area (Å²) in [7, 11) is 0. The Morgan fingerprint density at radius 2 is 2.41 bits per heavy atom. The van der Waals surface area contributed by atoms with Crippen molar-refractivity contribution in [3.05, 3.63) is 23.4 Å². The van der Waals surface area contributed by atoms with Gasteiger partial charge in [0.05, 0.1) is 11.1 Å². The highest BCUT2D eigenvalue weighted by atomic mass is 32.2. The van der Waals surface area contributed by atoms with Crippen molar-refractivity contribution in [3.8, 4) is 0 Å². The molecule has 1 aliphatic heterocycles. The van der Waals surface area contributed by atoms with Crippen LogP contribution in [0.15, 0.2) is 17.3 Å². The van der Waals surface area contributed by atoms with E-state index >= 15 is 0 Å². The van der Waals surface area contributed by atoms with E-state index in [1.807, 2.05) is 18.0 Å². The van der Waals surface area contributed by atoms with Gasteiger partial charge in [-0.25, -0.2) is 4.98 Å². The average molecular weight is 252 g/mol. The van der Waals surface area contributed by atoms with E-state index in [9.17, 15) is 0 Å². The lowest BCUT2D eigenvalue weighted by Crippen LogP contribution is -2.13. The molecular weight excluding hydrogens is 232 g/mol. The Balaban J connectivity index is 2.05. The minimum Gasteiger partial charge on any atom is -0.377 e. The molecule has 4 heteroatoms. The van der Waals surface area contributed by atoms with Crippen LogP contribution >= 0.6 is 11.8 Å². The Kier molecular flexibility index (Phi) is 4.42. The van der Waals surface area contributed by atoms with Gasteiger partial charge in [0.2, 0.25) is 0 Å². The van der Waals surface area contributed by atoms with Crippen LogP contribution < -0.4 is 5.73 Å². The van der Waals surface area contributed by atoms with Crippen molar-refractivity contribution in [1.82, 2.24) is 4.98 Å². The van der Waals surface area contributed by atoms with Crippen molar-refractivity contribution >= 4 is 11.8 Å². The Morgan fingerprint density at radius 3 is 3.00 bits per heavy atom. The zero-order valence-electron chi connectivity index (χ0n) is 10.5. The lowest BCUT2D eigenvalue weighted by Gasteiger charge is -2.14. The van der Waals surface area contributed by atoms with Crippen molar-refractivity contribution in [2.24, 2.45) is 5.73 Å². The quantitative estimate of drug-likeness (QED) is 0.892. The fourth-order valence-corrected chi connectivity index (χ4v) is 3.19. The summed E-state index contributed by atoms with van der Waals surface area (Å²) in [6.45, 7) is 5.82. The maximum absolute atomic E-state index is 5.57. The molecule has 1 aliphatic rings. The van der Waals surface area contributed by atoms with E-state index in [0.29, 0.717) is 17.9 Å². The number of nitrogens with zero attached hydrogens (tertiary/aromatic N) is 1. The second-order valence-electron chi connectivity index (χ2n) is 4.53. The third kappa shape index (κ3) is 3.21. The zero-order valence-corrected chi connectivity index (χ0v) is 11.3. The molecular formula is C13H20N2OS. The molecule has 0 aliphatic carbocycles. The van der Waals surface area contributed by atoms with Gasteiger partial charge in [-0.2, -0.15) is 0 Å². The molecule has 0 bridgehead atoms. The monoisotopic (exact) mass is 252 g/mol. The molecule has 2 unspecified atom stereocenters. The van der Waals surface area contributed by atoms with E-state index in [1.54, 1.807) is 0 Å². The van der Waals surface area contributed by atoms with Gasteiger partial charge in [-0.15, -0.1) is 0 Å². The van der Waals surface area contributed by atoms with Gasteiger partial charge in [0.1, 0.15) is 0 Å². The molecule has 2 N–H and O–H groups in total. The molecule has 0 radical (unpaired) electrons. The summed E-state index contributed by atoms with van der Waals surface area (Å²) >= 11 is 1.85.